The highest BCUT2D eigenvalue weighted by Gasteiger charge is 2.16. The first-order valence-electron chi connectivity index (χ1n) is 5.19. The Morgan fingerprint density at radius 2 is 2.24 bits per heavy atom. The van der Waals surface area contributed by atoms with E-state index in [-0.39, 0.29) is 11.6 Å². The highest BCUT2D eigenvalue weighted by Crippen LogP contribution is 2.14. The van der Waals surface area contributed by atoms with Crippen LogP contribution in [0.5, 0.6) is 0 Å². The molecule has 1 aromatic rings. The summed E-state index contributed by atoms with van der Waals surface area (Å²) in [5.41, 5.74) is 0.226. The van der Waals surface area contributed by atoms with E-state index in [4.69, 9.17) is 11.6 Å². The van der Waals surface area contributed by atoms with Crippen LogP contribution in [0.1, 0.15) is 17.3 Å². The number of rotatable bonds is 5. The van der Waals surface area contributed by atoms with E-state index in [9.17, 15) is 14.9 Å². The van der Waals surface area contributed by atoms with Gasteiger partial charge in [-0.05, 0) is 13.0 Å². The van der Waals surface area contributed by atoms with Crippen molar-refractivity contribution >= 4 is 23.2 Å². The standard InChI is InChI=1S/C11H13ClN2O3/c1-2-13(7-6-12)11(15)9-4-3-5-10(8-9)14(16)17/h3-5,8H,2,6-7H2,1H3. The van der Waals surface area contributed by atoms with Gasteiger partial charge in [0.1, 0.15) is 0 Å². The van der Waals surface area contributed by atoms with Crippen LogP contribution in [0.25, 0.3) is 0 Å². The van der Waals surface area contributed by atoms with Gasteiger partial charge in [0, 0.05) is 36.7 Å². The summed E-state index contributed by atoms with van der Waals surface area (Å²) in [4.78, 5) is 23.6. The Bertz CT molecular complexity index is 423. The van der Waals surface area contributed by atoms with Crippen molar-refractivity contribution in [3.8, 4) is 0 Å². The van der Waals surface area contributed by atoms with E-state index in [1.165, 1.54) is 18.2 Å². The SMILES string of the molecule is CCN(CCCl)C(=O)c1cccc([N+](=O)[O-])c1. The number of hydrogen-bond acceptors (Lipinski definition) is 3. The summed E-state index contributed by atoms with van der Waals surface area (Å²) in [6, 6.07) is 5.69. The molecule has 5 nitrogen and oxygen atoms in total. The van der Waals surface area contributed by atoms with Gasteiger partial charge in [0.15, 0.2) is 0 Å². The molecule has 0 saturated carbocycles. The molecule has 0 radical (unpaired) electrons. The Labute approximate surface area is 104 Å². The minimum absolute atomic E-state index is 0.0854. The molecule has 92 valence electrons. The molecule has 17 heavy (non-hydrogen) atoms. The number of alkyl halides is 1. The van der Waals surface area contributed by atoms with Gasteiger partial charge >= 0.3 is 0 Å². The zero-order valence-electron chi connectivity index (χ0n) is 9.43. The summed E-state index contributed by atoms with van der Waals surface area (Å²) in [7, 11) is 0. The number of carbonyl (C=O) groups excluding carboxylic acids is 1. The van der Waals surface area contributed by atoms with Crippen molar-refractivity contribution < 1.29 is 9.72 Å². The molecule has 6 heteroatoms. The fourth-order valence-corrected chi connectivity index (χ4v) is 1.64. The first-order chi connectivity index (χ1) is 8.10. The van der Waals surface area contributed by atoms with Gasteiger partial charge in [0.2, 0.25) is 0 Å². The predicted molar refractivity (Wildman–Crippen MR) is 65.4 cm³/mol. The van der Waals surface area contributed by atoms with Crippen LogP contribution >= 0.6 is 11.6 Å². The lowest BCUT2D eigenvalue weighted by molar-refractivity contribution is -0.384. The molecule has 0 atom stereocenters. The van der Waals surface area contributed by atoms with Crippen LogP contribution in [0.2, 0.25) is 0 Å². The number of halogens is 1. The van der Waals surface area contributed by atoms with Gasteiger partial charge in [-0.15, -0.1) is 11.6 Å². The second-order valence-corrected chi connectivity index (χ2v) is 3.76. The highest BCUT2D eigenvalue weighted by atomic mass is 35.5. The summed E-state index contributed by atoms with van der Waals surface area (Å²) in [6.45, 7) is 2.79. The largest absolute Gasteiger partial charge is 0.338 e. The Balaban J connectivity index is 2.95. The second-order valence-electron chi connectivity index (χ2n) is 3.38. The van der Waals surface area contributed by atoms with Crippen molar-refractivity contribution in [1.82, 2.24) is 4.90 Å². The normalized spacial score (nSPS) is 10.0. The quantitative estimate of drug-likeness (QED) is 0.461. The van der Waals surface area contributed by atoms with Crippen molar-refractivity contribution in [2.24, 2.45) is 0 Å². The summed E-state index contributed by atoms with van der Waals surface area (Å²) in [5, 5.41) is 10.6. The predicted octanol–water partition coefficient (Wildman–Crippen LogP) is 2.30. The first-order valence-corrected chi connectivity index (χ1v) is 5.73. The van der Waals surface area contributed by atoms with Crippen LogP contribution in [0.4, 0.5) is 5.69 Å². The van der Waals surface area contributed by atoms with Crippen LogP contribution in [0.15, 0.2) is 24.3 Å². The lowest BCUT2D eigenvalue weighted by Gasteiger charge is -2.19. The molecule has 1 aromatic carbocycles. The molecule has 0 heterocycles. The van der Waals surface area contributed by atoms with Crippen molar-refractivity contribution in [2.45, 2.75) is 6.92 Å². The zero-order chi connectivity index (χ0) is 12.8. The Kier molecular flexibility index (Phi) is 4.90. The van der Waals surface area contributed by atoms with Crippen molar-refractivity contribution in [2.75, 3.05) is 19.0 Å². The van der Waals surface area contributed by atoms with Gasteiger partial charge in [-0.3, -0.25) is 14.9 Å². The third kappa shape index (κ3) is 3.42. The van der Waals surface area contributed by atoms with E-state index in [2.05, 4.69) is 0 Å². The molecule has 0 saturated heterocycles. The third-order valence-electron chi connectivity index (χ3n) is 2.33. The summed E-state index contributed by atoms with van der Waals surface area (Å²) >= 11 is 5.59. The first kappa shape index (κ1) is 13.4. The number of nitro benzene ring substituents is 1. The number of non-ortho nitro benzene ring substituents is 1. The molecule has 0 unspecified atom stereocenters. The average Bonchev–Trinajstić information content (AvgIpc) is 2.35. The minimum Gasteiger partial charge on any atom is -0.338 e. The van der Waals surface area contributed by atoms with Crippen LogP contribution < -0.4 is 0 Å². The van der Waals surface area contributed by atoms with Crippen LogP contribution in [-0.4, -0.2) is 34.7 Å². The molecular weight excluding hydrogens is 244 g/mol. The molecule has 1 rings (SSSR count). The van der Waals surface area contributed by atoms with Crippen LogP contribution in [0.3, 0.4) is 0 Å². The molecule has 0 aliphatic heterocycles. The summed E-state index contributed by atoms with van der Waals surface area (Å²) in [5.74, 6) is 0.103. The molecule has 0 aliphatic carbocycles. The third-order valence-corrected chi connectivity index (χ3v) is 2.50. The maximum absolute atomic E-state index is 12.0. The van der Waals surface area contributed by atoms with E-state index in [0.29, 0.717) is 24.5 Å². The van der Waals surface area contributed by atoms with Crippen molar-refractivity contribution in [3.63, 3.8) is 0 Å². The minimum atomic E-state index is -0.519. The van der Waals surface area contributed by atoms with E-state index < -0.39 is 4.92 Å². The Morgan fingerprint density at radius 1 is 1.53 bits per heavy atom. The van der Waals surface area contributed by atoms with Gasteiger partial charge in [-0.25, -0.2) is 0 Å². The fraction of sp³-hybridized carbons (Fsp3) is 0.364. The molecule has 0 aliphatic rings. The zero-order valence-corrected chi connectivity index (χ0v) is 10.2. The number of benzene rings is 1. The molecule has 0 spiro atoms. The fourth-order valence-electron chi connectivity index (χ4n) is 1.44. The van der Waals surface area contributed by atoms with Crippen molar-refractivity contribution in [3.05, 3.63) is 39.9 Å². The average molecular weight is 257 g/mol. The second kappa shape index (κ2) is 6.20. The maximum Gasteiger partial charge on any atom is 0.270 e. The number of carbonyl (C=O) groups is 1. The van der Waals surface area contributed by atoms with E-state index >= 15 is 0 Å². The maximum atomic E-state index is 12.0. The Hall–Kier alpha value is -1.62. The molecule has 0 bridgehead atoms. The monoisotopic (exact) mass is 256 g/mol. The van der Waals surface area contributed by atoms with Gasteiger partial charge in [-0.1, -0.05) is 6.07 Å². The lowest BCUT2D eigenvalue weighted by Crippen LogP contribution is -2.32. The molecule has 0 aromatic heterocycles. The Morgan fingerprint density at radius 3 is 2.76 bits per heavy atom. The molecule has 0 fully saturated rings. The molecule has 1 amide bonds. The van der Waals surface area contributed by atoms with E-state index in [1.54, 1.807) is 11.0 Å². The van der Waals surface area contributed by atoms with Crippen LogP contribution in [0, 0.1) is 10.1 Å². The molecule has 0 N–H and O–H groups in total. The van der Waals surface area contributed by atoms with Gasteiger partial charge in [0.05, 0.1) is 4.92 Å². The summed E-state index contributed by atoms with van der Waals surface area (Å²) < 4.78 is 0. The smallest absolute Gasteiger partial charge is 0.270 e. The van der Waals surface area contributed by atoms with Crippen molar-refractivity contribution in [1.29, 1.82) is 0 Å². The van der Waals surface area contributed by atoms with E-state index in [0.717, 1.165) is 0 Å². The molecular formula is C11H13ClN2O3. The number of nitro groups is 1. The van der Waals surface area contributed by atoms with Gasteiger partial charge in [-0.2, -0.15) is 0 Å². The number of hydrogen-bond donors (Lipinski definition) is 0. The summed E-state index contributed by atoms with van der Waals surface area (Å²) in [6.07, 6.45) is 0. The van der Waals surface area contributed by atoms with Gasteiger partial charge in [0.25, 0.3) is 11.6 Å². The van der Waals surface area contributed by atoms with E-state index in [1.807, 2.05) is 6.92 Å². The number of nitrogens with zero attached hydrogens (tertiary/aromatic N) is 2. The van der Waals surface area contributed by atoms with Gasteiger partial charge < -0.3 is 4.90 Å². The highest BCUT2D eigenvalue weighted by molar-refractivity contribution is 6.18. The van der Waals surface area contributed by atoms with Crippen LogP contribution in [-0.2, 0) is 0 Å². The lowest BCUT2D eigenvalue weighted by atomic mass is 10.2. The topological polar surface area (TPSA) is 63.5 Å². The number of amides is 1.